The zero-order valence-corrected chi connectivity index (χ0v) is 71.6. The predicted octanol–water partition coefficient (Wildman–Crippen LogP) is 32.4. The molecule has 26 rings (SSSR count). The van der Waals surface area contributed by atoms with E-state index in [1.807, 2.05) is 53.8 Å². The Hall–Kier alpha value is -14.2. The lowest BCUT2D eigenvalue weighted by molar-refractivity contribution is -0.0500. The van der Waals surface area contributed by atoms with Gasteiger partial charge in [-0.1, -0.05) is 289 Å². The van der Waals surface area contributed by atoms with Crippen LogP contribution in [-0.2, 0) is 20.9 Å². The minimum atomic E-state index is -5.81. The molecular formula is C115H73BF3O5S3. The molecule has 2 aliphatic carbocycles. The molecule has 12 heteroatoms. The maximum atomic E-state index is 13.1. The number of alkyl halides is 3. The molecule has 22 aromatic carbocycles. The van der Waals surface area contributed by atoms with E-state index in [2.05, 4.69) is 335 Å². The maximum absolute atomic E-state index is 13.1. The standard InChI is InChI=1S/C57H36S.C40H25F3O3S.C18H12BO2S/c1-57(2)53-31-49-40-18-6-4-16-38(40)37-15-3-5-17-39(37)47(49)29-51(53)52-30-48-42-20-8-7-19-41(42)46-28-34(25-26-43(46)50(48)32-54(52)57)33-13-11-14-35(27-33)36-22-12-23-45-44-21-9-10-24-55(44)58-56(36)45;1-39(2)37-20-33-26-12-6-4-10-24(26)23-9-3-5-11-25(23)31(33)18-35(37)36-19-32-28-14-8-7-13-27(28)30-17-22(46-47(44,45)40(41,42)43)15-16-29(30)34(32)21-38(36)39;20-19-21-13-6-3-5-12(11-13)14-8-4-9-16-15-7-1-2-10-17(15)22-18(14)16/h3-32H,1-2H3;3-21H,1-2H3;1-11,20H. The summed E-state index contributed by atoms with van der Waals surface area (Å²) in [5.74, 6) is 0.234. The van der Waals surface area contributed by atoms with Crippen molar-refractivity contribution in [2.75, 3.05) is 0 Å². The summed E-state index contributed by atoms with van der Waals surface area (Å²) < 4.78 is 77.9. The Morgan fingerprint density at radius 2 is 0.543 bits per heavy atom. The smallest absolute Gasteiger partial charge is 0.537 e. The number of fused-ring (bicyclic) bond motifs is 36. The molecule has 0 saturated heterocycles. The molecule has 0 fully saturated rings. The molecule has 2 aliphatic rings. The molecule has 0 aliphatic heterocycles. The van der Waals surface area contributed by atoms with Crippen molar-refractivity contribution >= 4 is 210 Å². The summed E-state index contributed by atoms with van der Waals surface area (Å²) >= 11 is 3.70. The molecule has 605 valence electrons. The van der Waals surface area contributed by atoms with E-state index in [1.54, 1.807) is 17.4 Å². The Labute approximate surface area is 737 Å². The molecule has 2 aromatic heterocycles. The molecule has 0 spiro atoms. The van der Waals surface area contributed by atoms with Crippen LogP contribution in [0.5, 0.6) is 11.5 Å². The lowest BCUT2D eigenvalue weighted by Crippen LogP contribution is -2.28. The van der Waals surface area contributed by atoms with Gasteiger partial charge in [0.1, 0.15) is 11.5 Å². The van der Waals surface area contributed by atoms with Gasteiger partial charge in [-0.2, -0.15) is 21.6 Å². The molecule has 0 bridgehead atoms. The monoisotopic (exact) mass is 1700 g/mol. The average molecular weight is 1700 g/mol. The number of thiophene rings is 2. The fourth-order valence-electron chi connectivity index (χ4n) is 21.1. The fraction of sp³-hybridized carbons (Fsp3) is 0.0609. The highest BCUT2D eigenvalue weighted by Crippen LogP contribution is 2.57. The van der Waals surface area contributed by atoms with Crippen molar-refractivity contribution in [2.45, 2.75) is 44.0 Å². The van der Waals surface area contributed by atoms with Crippen LogP contribution in [0.1, 0.15) is 49.9 Å². The highest BCUT2D eigenvalue weighted by molar-refractivity contribution is 7.88. The van der Waals surface area contributed by atoms with Gasteiger partial charge in [0, 0.05) is 51.2 Å². The van der Waals surface area contributed by atoms with Crippen molar-refractivity contribution in [3.8, 4) is 67.1 Å². The third kappa shape index (κ3) is 11.9. The van der Waals surface area contributed by atoms with Crippen molar-refractivity contribution in [1.82, 2.24) is 0 Å². The van der Waals surface area contributed by atoms with E-state index < -0.39 is 15.6 Å². The summed E-state index contributed by atoms with van der Waals surface area (Å²) in [6.45, 7) is 9.31. The minimum absolute atomic E-state index is 0.157. The van der Waals surface area contributed by atoms with Crippen molar-refractivity contribution in [3.63, 3.8) is 0 Å². The first-order valence-corrected chi connectivity index (χ1v) is 45.6. The average Bonchev–Trinajstić information content (AvgIpc) is 1.57. The SMILES string of the molecule is CC1(C)c2cc3c4ccccc4c4ccccc4c3cc2-c2cc3c4ccccc4c4cc(-c5cccc(-c6cccc7c6sc6ccccc67)c5)ccc4c3cc21.CC1(C)c2cc3c4ccccc4c4ccccc4c3cc2-c2cc3c4ccccc4c4cc(OS(=O)(=O)C(F)(F)F)ccc4c3cc21.O[B]Oc1cccc(-c2cccc3c2sc2ccccc23)c1. The van der Waals surface area contributed by atoms with Crippen LogP contribution in [-0.4, -0.2) is 26.6 Å². The van der Waals surface area contributed by atoms with E-state index in [4.69, 9.17) is 9.68 Å². The maximum Gasteiger partial charge on any atom is 0.569 e. The number of rotatable bonds is 7. The Kier molecular flexibility index (Phi) is 17.2. The lowest BCUT2D eigenvalue weighted by atomic mass is 9.80. The van der Waals surface area contributed by atoms with Crippen LogP contribution in [0.3, 0.4) is 0 Å². The van der Waals surface area contributed by atoms with Crippen LogP contribution in [0.2, 0.25) is 0 Å². The van der Waals surface area contributed by atoms with Crippen LogP contribution in [0.15, 0.2) is 364 Å². The van der Waals surface area contributed by atoms with Gasteiger partial charge in [-0.15, -0.1) is 22.7 Å². The molecule has 1 N–H and O–H groups in total. The van der Waals surface area contributed by atoms with Gasteiger partial charge < -0.3 is 13.9 Å². The molecule has 0 unspecified atom stereocenters. The summed E-state index contributed by atoms with van der Waals surface area (Å²) in [6, 6.07) is 130. The Bertz CT molecular complexity index is 9060. The highest BCUT2D eigenvalue weighted by atomic mass is 32.2. The van der Waals surface area contributed by atoms with Gasteiger partial charge in [0.2, 0.25) is 0 Å². The van der Waals surface area contributed by atoms with Crippen molar-refractivity contribution in [3.05, 3.63) is 386 Å². The summed E-state index contributed by atoms with van der Waals surface area (Å²) in [5, 5.41) is 42.2. The number of halogens is 3. The third-order valence-electron chi connectivity index (χ3n) is 27.1. The largest absolute Gasteiger partial charge is 0.569 e. The van der Waals surface area contributed by atoms with Crippen LogP contribution in [0.4, 0.5) is 13.2 Å². The Morgan fingerprint density at radius 3 is 0.921 bits per heavy atom. The zero-order valence-electron chi connectivity index (χ0n) is 69.2. The van der Waals surface area contributed by atoms with E-state index in [0.717, 1.165) is 43.6 Å². The minimum Gasteiger partial charge on any atom is -0.537 e. The lowest BCUT2D eigenvalue weighted by Gasteiger charge is -2.23. The second-order valence-corrected chi connectivity index (χ2v) is 38.3. The van der Waals surface area contributed by atoms with Gasteiger partial charge in [0.25, 0.3) is 0 Å². The quantitative estimate of drug-likeness (QED) is 0.0745. The van der Waals surface area contributed by atoms with Crippen molar-refractivity contribution in [1.29, 1.82) is 0 Å². The van der Waals surface area contributed by atoms with Gasteiger partial charge in [-0.25, -0.2) is 0 Å². The molecule has 127 heavy (non-hydrogen) atoms. The van der Waals surface area contributed by atoms with Crippen molar-refractivity contribution in [2.24, 2.45) is 0 Å². The first-order chi connectivity index (χ1) is 61.8. The van der Waals surface area contributed by atoms with Crippen LogP contribution < -0.4 is 8.84 Å². The molecule has 24 aromatic rings. The second-order valence-electron chi connectivity index (χ2n) is 34.6. The number of hydrogen-bond acceptors (Lipinski definition) is 7. The van der Waals surface area contributed by atoms with Crippen LogP contribution in [0.25, 0.3) is 225 Å². The highest BCUT2D eigenvalue weighted by Gasteiger charge is 2.49. The van der Waals surface area contributed by atoms with Gasteiger partial charge in [0.05, 0.1) is 0 Å². The molecule has 2 heterocycles. The molecule has 0 atom stereocenters. The molecule has 0 amide bonds. The Balaban J connectivity index is 0.000000116. The first-order valence-electron chi connectivity index (χ1n) is 42.6. The molecular weight excluding hydrogens is 1630 g/mol. The fourth-order valence-corrected chi connectivity index (χ4v) is 24.1. The first kappa shape index (κ1) is 76.4. The summed E-state index contributed by atoms with van der Waals surface area (Å²) in [5.41, 5.74) is 11.5. The van der Waals surface area contributed by atoms with E-state index >= 15 is 0 Å². The third-order valence-corrected chi connectivity index (χ3v) is 30.5. The topological polar surface area (TPSA) is 72.8 Å². The molecule has 0 saturated carbocycles. The Morgan fingerprint density at radius 1 is 0.260 bits per heavy atom. The predicted molar refractivity (Wildman–Crippen MR) is 531 cm³/mol. The van der Waals surface area contributed by atoms with Gasteiger partial charge in [-0.3, -0.25) is 0 Å². The van der Waals surface area contributed by atoms with E-state index in [0.29, 0.717) is 18.8 Å². The summed E-state index contributed by atoms with van der Waals surface area (Å²) in [4.78, 5) is 0. The van der Waals surface area contributed by atoms with Gasteiger partial charge >= 0.3 is 23.3 Å². The van der Waals surface area contributed by atoms with E-state index in [-0.39, 0.29) is 16.6 Å². The van der Waals surface area contributed by atoms with Gasteiger partial charge in [0.15, 0.2) is 0 Å². The zero-order chi connectivity index (χ0) is 85.7. The summed E-state index contributed by atoms with van der Waals surface area (Å²) in [6.07, 6.45) is 0. The van der Waals surface area contributed by atoms with Crippen LogP contribution in [0, 0.1) is 0 Å². The summed E-state index contributed by atoms with van der Waals surface area (Å²) in [7, 11) is -5.11. The molecule has 1 radical (unpaired) electrons. The van der Waals surface area contributed by atoms with E-state index in [1.165, 1.54) is 211 Å². The number of hydrogen-bond donors (Lipinski definition) is 1. The van der Waals surface area contributed by atoms with Gasteiger partial charge in [-0.05, 0) is 310 Å². The van der Waals surface area contributed by atoms with Crippen LogP contribution >= 0.6 is 22.7 Å². The second kappa shape index (κ2) is 28.7. The molecule has 5 nitrogen and oxygen atoms in total. The van der Waals surface area contributed by atoms with Crippen molar-refractivity contribution < 1.29 is 35.5 Å². The van der Waals surface area contributed by atoms with E-state index in [9.17, 15) is 21.6 Å². The number of benzene rings is 22. The normalized spacial score (nSPS) is 13.4.